The van der Waals surface area contributed by atoms with Gasteiger partial charge in [-0.25, -0.2) is 0 Å². The summed E-state index contributed by atoms with van der Waals surface area (Å²) in [6, 6.07) is 17.2. The van der Waals surface area contributed by atoms with Crippen molar-refractivity contribution in [3.05, 3.63) is 70.7 Å². The Morgan fingerprint density at radius 3 is 2.48 bits per heavy atom. The van der Waals surface area contributed by atoms with Crippen molar-refractivity contribution in [2.24, 2.45) is 0 Å². The molecule has 0 bridgehead atoms. The van der Waals surface area contributed by atoms with Gasteiger partial charge >= 0.3 is 0 Å². The number of nitrogens with one attached hydrogen (secondary N) is 1. The zero-order valence-corrected chi connectivity index (χ0v) is 18.6. The fraction of sp³-hybridized carbons (Fsp3) is 0.391. The normalized spacial score (nSPS) is 11.7. The van der Waals surface area contributed by atoms with Crippen molar-refractivity contribution in [3.8, 4) is 0 Å². The van der Waals surface area contributed by atoms with Crippen LogP contribution in [-0.4, -0.2) is 41.6 Å². The van der Waals surface area contributed by atoms with E-state index in [1.54, 1.807) is 11.8 Å². The third kappa shape index (κ3) is 7.75. The number of hydrogen-bond donors (Lipinski definition) is 1. The molecule has 1 atom stereocenters. The molecule has 4 nitrogen and oxygen atoms in total. The lowest BCUT2D eigenvalue weighted by atomic mass is 10.1. The summed E-state index contributed by atoms with van der Waals surface area (Å²) in [5.74, 6) is 0.834. The molecule has 0 aliphatic heterocycles. The second-order valence-electron chi connectivity index (χ2n) is 6.87. The molecule has 0 radical (unpaired) electrons. The number of amides is 2. The van der Waals surface area contributed by atoms with Crippen LogP contribution in [0, 0.1) is 0 Å². The summed E-state index contributed by atoms with van der Waals surface area (Å²) >= 11 is 7.72. The fourth-order valence-electron chi connectivity index (χ4n) is 2.91. The molecule has 156 valence electrons. The van der Waals surface area contributed by atoms with Crippen LogP contribution in [0.25, 0.3) is 0 Å². The highest BCUT2D eigenvalue weighted by Gasteiger charge is 2.25. The summed E-state index contributed by atoms with van der Waals surface area (Å²) < 4.78 is 0. The molecule has 0 aliphatic rings. The number of thioether (sulfide) groups is 1. The smallest absolute Gasteiger partial charge is 0.242 e. The summed E-state index contributed by atoms with van der Waals surface area (Å²) in [6.45, 7) is 4.93. The van der Waals surface area contributed by atoms with Crippen LogP contribution in [0.4, 0.5) is 0 Å². The van der Waals surface area contributed by atoms with Crippen molar-refractivity contribution in [2.45, 2.75) is 38.5 Å². The van der Waals surface area contributed by atoms with Gasteiger partial charge in [0.15, 0.2) is 0 Å². The summed E-state index contributed by atoms with van der Waals surface area (Å²) in [4.78, 5) is 27.1. The van der Waals surface area contributed by atoms with Crippen molar-refractivity contribution >= 4 is 35.2 Å². The lowest BCUT2D eigenvalue weighted by Crippen LogP contribution is -2.49. The number of hydrogen-bond acceptors (Lipinski definition) is 3. The highest BCUT2D eigenvalue weighted by molar-refractivity contribution is 7.99. The van der Waals surface area contributed by atoms with E-state index in [-0.39, 0.29) is 11.8 Å². The second kappa shape index (κ2) is 12.6. The van der Waals surface area contributed by atoms with Gasteiger partial charge in [-0.3, -0.25) is 9.59 Å². The highest BCUT2D eigenvalue weighted by atomic mass is 35.5. The van der Waals surface area contributed by atoms with Gasteiger partial charge < -0.3 is 10.2 Å². The minimum absolute atomic E-state index is 0.0304. The van der Waals surface area contributed by atoms with Gasteiger partial charge in [-0.1, -0.05) is 67.1 Å². The Hall–Kier alpha value is -1.98. The summed E-state index contributed by atoms with van der Waals surface area (Å²) in [6.07, 6.45) is 1.58. The largest absolute Gasteiger partial charge is 0.354 e. The van der Waals surface area contributed by atoms with E-state index in [9.17, 15) is 9.59 Å². The quantitative estimate of drug-likeness (QED) is 0.566. The number of rotatable bonds is 11. The minimum Gasteiger partial charge on any atom is -0.354 e. The molecule has 0 heterocycles. The van der Waals surface area contributed by atoms with Gasteiger partial charge in [-0.05, 0) is 37.0 Å². The fourth-order valence-corrected chi connectivity index (χ4v) is 4.11. The van der Waals surface area contributed by atoms with E-state index >= 15 is 0 Å². The highest BCUT2D eigenvalue weighted by Crippen LogP contribution is 2.21. The summed E-state index contributed by atoms with van der Waals surface area (Å²) in [5, 5.41) is 3.61. The molecular weight excluding hydrogens is 404 g/mol. The number of halogens is 1. The zero-order valence-electron chi connectivity index (χ0n) is 17.1. The first-order valence-electron chi connectivity index (χ1n) is 9.95. The van der Waals surface area contributed by atoms with E-state index in [0.717, 1.165) is 17.5 Å². The van der Waals surface area contributed by atoms with Gasteiger partial charge in [0, 0.05) is 23.9 Å². The molecule has 6 heteroatoms. The predicted molar refractivity (Wildman–Crippen MR) is 122 cm³/mol. The molecule has 0 fully saturated rings. The van der Waals surface area contributed by atoms with Crippen molar-refractivity contribution in [2.75, 3.05) is 18.8 Å². The van der Waals surface area contributed by atoms with Gasteiger partial charge in [0.25, 0.3) is 0 Å². The van der Waals surface area contributed by atoms with Crippen LogP contribution in [0.1, 0.15) is 31.4 Å². The van der Waals surface area contributed by atoms with Crippen LogP contribution in [0.5, 0.6) is 0 Å². The van der Waals surface area contributed by atoms with Crippen LogP contribution in [0.15, 0.2) is 54.6 Å². The van der Waals surface area contributed by atoms with Crippen molar-refractivity contribution in [3.63, 3.8) is 0 Å². The van der Waals surface area contributed by atoms with Gasteiger partial charge in [0.2, 0.25) is 11.8 Å². The summed E-state index contributed by atoms with van der Waals surface area (Å²) in [7, 11) is 0. The monoisotopic (exact) mass is 432 g/mol. The Balaban J connectivity index is 1.98. The average Bonchev–Trinajstić information content (AvgIpc) is 2.74. The number of nitrogens with zero attached hydrogens (tertiary/aromatic N) is 1. The Kier molecular flexibility index (Phi) is 10.1. The third-order valence-electron chi connectivity index (χ3n) is 4.64. The Morgan fingerprint density at radius 1 is 1.10 bits per heavy atom. The number of benzene rings is 2. The molecule has 0 saturated carbocycles. The topological polar surface area (TPSA) is 49.4 Å². The van der Waals surface area contributed by atoms with E-state index in [0.29, 0.717) is 36.0 Å². The third-order valence-corrected chi connectivity index (χ3v) is 5.98. The van der Waals surface area contributed by atoms with E-state index in [2.05, 4.69) is 5.32 Å². The standard InChI is InChI=1S/C23H29ClN2O2S/c1-3-14-25-23(28)18(2)26(15-13-19-9-5-4-6-10-19)22(27)17-29-16-20-11-7-8-12-21(20)24/h4-12,18H,3,13-17H2,1-2H3,(H,25,28). The predicted octanol–water partition coefficient (Wildman–Crippen LogP) is 4.56. The molecular formula is C23H29ClN2O2S. The summed E-state index contributed by atoms with van der Waals surface area (Å²) in [5.41, 5.74) is 2.16. The van der Waals surface area contributed by atoms with Crippen molar-refractivity contribution in [1.82, 2.24) is 10.2 Å². The molecule has 0 aromatic heterocycles. The SMILES string of the molecule is CCCNC(=O)C(C)N(CCc1ccccc1)C(=O)CSCc1ccccc1Cl. The van der Waals surface area contributed by atoms with Gasteiger partial charge in [-0.15, -0.1) is 11.8 Å². The molecule has 1 N–H and O–H groups in total. The lowest BCUT2D eigenvalue weighted by molar-refractivity contribution is -0.137. The van der Waals surface area contributed by atoms with Crippen LogP contribution in [0.2, 0.25) is 5.02 Å². The van der Waals surface area contributed by atoms with Gasteiger partial charge in [0.1, 0.15) is 6.04 Å². The van der Waals surface area contributed by atoms with Gasteiger partial charge in [0.05, 0.1) is 5.75 Å². The molecule has 2 rings (SSSR count). The maximum absolute atomic E-state index is 13.0. The maximum atomic E-state index is 13.0. The first kappa shape index (κ1) is 23.3. The molecule has 0 saturated heterocycles. The van der Waals surface area contributed by atoms with Gasteiger partial charge in [-0.2, -0.15) is 0 Å². The Labute approximate surface area is 183 Å². The molecule has 2 amide bonds. The maximum Gasteiger partial charge on any atom is 0.242 e. The first-order valence-corrected chi connectivity index (χ1v) is 11.5. The van der Waals surface area contributed by atoms with Crippen LogP contribution in [0.3, 0.4) is 0 Å². The van der Waals surface area contributed by atoms with E-state index in [1.807, 2.05) is 61.5 Å². The van der Waals surface area contributed by atoms with Crippen LogP contribution in [-0.2, 0) is 21.8 Å². The zero-order chi connectivity index (χ0) is 21.1. The number of carbonyl (C=O) groups is 2. The number of carbonyl (C=O) groups excluding carboxylic acids is 2. The van der Waals surface area contributed by atoms with E-state index < -0.39 is 6.04 Å². The molecule has 0 spiro atoms. The van der Waals surface area contributed by atoms with E-state index in [1.165, 1.54) is 11.8 Å². The Morgan fingerprint density at radius 2 is 1.79 bits per heavy atom. The Bertz CT molecular complexity index is 785. The van der Waals surface area contributed by atoms with Crippen molar-refractivity contribution < 1.29 is 9.59 Å². The second-order valence-corrected chi connectivity index (χ2v) is 8.27. The van der Waals surface area contributed by atoms with Crippen molar-refractivity contribution in [1.29, 1.82) is 0 Å². The molecule has 2 aromatic rings. The van der Waals surface area contributed by atoms with Crippen LogP contribution >= 0.6 is 23.4 Å². The van der Waals surface area contributed by atoms with E-state index in [4.69, 9.17) is 11.6 Å². The first-order chi connectivity index (χ1) is 14.0. The minimum atomic E-state index is -0.501. The van der Waals surface area contributed by atoms with Crippen LogP contribution < -0.4 is 5.32 Å². The lowest BCUT2D eigenvalue weighted by Gasteiger charge is -2.28. The molecule has 29 heavy (non-hydrogen) atoms. The molecule has 0 aliphatic carbocycles. The molecule has 2 aromatic carbocycles. The average molecular weight is 433 g/mol. The molecule has 1 unspecified atom stereocenters.